The molecule has 1 aromatic carbocycles. The summed E-state index contributed by atoms with van der Waals surface area (Å²) in [6.45, 7) is 0. The van der Waals surface area contributed by atoms with E-state index in [4.69, 9.17) is 11.5 Å². The highest BCUT2D eigenvalue weighted by atomic mass is 32.1. The third-order valence-corrected chi connectivity index (χ3v) is 3.39. The Morgan fingerprint density at radius 3 is 2.91 bits per heavy atom. The first-order chi connectivity index (χ1) is 11.0. The monoisotopic (exact) mass is 333 g/mol. The van der Waals surface area contributed by atoms with Crippen LogP contribution in [0, 0.1) is 10.1 Å². The Bertz CT molecular complexity index is 765. The van der Waals surface area contributed by atoms with Crippen LogP contribution in [-0.2, 0) is 0 Å². The molecule has 0 atom stereocenters. The Morgan fingerprint density at radius 2 is 2.26 bits per heavy atom. The van der Waals surface area contributed by atoms with E-state index in [1.807, 2.05) is 23.6 Å². The second kappa shape index (κ2) is 7.22. The minimum Gasteiger partial charge on any atom is -0.370 e. The molecule has 0 aliphatic carbocycles. The average molecular weight is 333 g/mol. The highest BCUT2D eigenvalue weighted by Crippen LogP contribution is 2.28. The molecule has 0 saturated carbocycles. The summed E-state index contributed by atoms with van der Waals surface area (Å²) in [6.07, 6.45) is 0.854. The van der Waals surface area contributed by atoms with Crippen LogP contribution in [0.3, 0.4) is 0 Å². The molecule has 0 unspecified atom stereocenters. The maximum Gasteiger partial charge on any atom is 0.274 e. The fourth-order valence-electron chi connectivity index (χ4n) is 1.74. The molecule has 0 saturated heterocycles. The molecule has 1 heterocycles. The second-order valence-corrected chi connectivity index (χ2v) is 5.17. The number of rotatable bonds is 6. The van der Waals surface area contributed by atoms with Gasteiger partial charge in [-0.3, -0.25) is 10.1 Å². The fraction of sp³-hybridized carbons (Fsp3) is 0.0769. The Labute approximate surface area is 135 Å². The molecule has 10 heteroatoms. The Balaban J connectivity index is 2.24. The summed E-state index contributed by atoms with van der Waals surface area (Å²) in [7, 11) is 1.59. The molecule has 0 fully saturated rings. The van der Waals surface area contributed by atoms with Gasteiger partial charge in [0.2, 0.25) is 5.13 Å². The van der Waals surface area contributed by atoms with Gasteiger partial charge in [0, 0.05) is 23.7 Å². The van der Waals surface area contributed by atoms with Crippen LogP contribution in [0.2, 0.25) is 0 Å². The number of nitrogens with one attached hydrogen (secondary N) is 2. The van der Waals surface area contributed by atoms with Crippen LogP contribution in [0.25, 0.3) is 11.3 Å². The van der Waals surface area contributed by atoms with E-state index < -0.39 is 4.92 Å². The summed E-state index contributed by atoms with van der Waals surface area (Å²) in [5, 5.41) is 18.5. The van der Waals surface area contributed by atoms with Crippen LogP contribution >= 0.6 is 11.3 Å². The molecule has 1 aromatic heterocycles. The highest BCUT2D eigenvalue weighted by Gasteiger charge is 2.07. The minimum atomic E-state index is -0.537. The molecular formula is C13H15N7O2S. The van der Waals surface area contributed by atoms with Gasteiger partial charge in [0.25, 0.3) is 6.20 Å². The van der Waals surface area contributed by atoms with Crippen molar-refractivity contribution in [3.05, 3.63) is 51.8 Å². The fourth-order valence-corrected chi connectivity index (χ4v) is 2.45. The predicted molar refractivity (Wildman–Crippen MR) is 90.8 cm³/mol. The van der Waals surface area contributed by atoms with E-state index in [0.717, 1.165) is 11.8 Å². The average Bonchev–Trinajstić information content (AvgIpc) is 2.94. The van der Waals surface area contributed by atoms with Crippen molar-refractivity contribution in [2.24, 2.45) is 16.5 Å². The van der Waals surface area contributed by atoms with Gasteiger partial charge in [-0.15, -0.1) is 11.3 Å². The Kier molecular flexibility index (Phi) is 5.10. The number of thiazole rings is 1. The van der Waals surface area contributed by atoms with Crippen LogP contribution in [0.4, 0.5) is 10.8 Å². The largest absolute Gasteiger partial charge is 0.370 e. The van der Waals surface area contributed by atoms with Crippen molar-refractivity contribution in [1.29, 1.82) is 0 Å². The molecule has 0 spiro atoms. The lowest BCUT2D eigenvalue weighted by Crippen LogP contribution is -2.21. The number of hydrogen-bond acceptors (Lipinski definition) is 7. The van der Waals surface area contributed by atoms with E-state index in [1.54, 1.807) is 13.1 Å². The molecule has 6 N–H and O–H groups in total. The molecule has 120 valence electrons. The molecule has 0 aliphatic heterocycles. The maximum atomic E-state index is 10.5. The number of aliphatic imine (C=N–C) groups is 1. The van der Waals surface area contributed by atoms with E-state index in [1.165, 1.54) is 11.3 Å². The summed E-state index contributed by atoms with van der Waals surface area (Å²) in [5.74, 6) is 0.219. The molecule has 2 rings (SSSR count). The Morgan fingerprint density at radius 1 is 1.48 bits per heavy atom. The predicted octanol–water partition coefficient (Wildman–Crippen LogP) is 1.42. The zero-order chi connectivity index (χ0) is 16.8. The minimum absolute atomic E-state index is 0.0510. The SMILES string of the molecule is CN/C(=C\[N+](=O)[O-])Nc1cccc(-c2csc(N=C(N)N)n2)c1. The maximum absolute atomic E-state index is 10.5. The topological polar surface area (TPSA) is 144 Å². The van der Waals surface area contributed by atoms with Crippen molar-refractivity contribution in [2.45, 2.75) is 0 Å². The van der Waals surface area contributed by atoms with Gasteiger partial charge in [-0.25, -0.2) is 4.98 Å². The highest BCUT2D eigenvalue weighted by molar-refractivity contribution is 7.13. The quantitative estimate of drug-likeness (QED) is 0.271. The van der Waals surface area contributed by atoms with Gasteiger partial charge in [-0.2, -0.15) is 4.99 Å². The lowest BCUT2D eigenvalue weighted by atomic mass is 10.1. The van der Waals surface area contributed by atoms with Crippen molar-refractivity contribution in [2.75, 3.05) is 12.4 Å². The van der Waals surface area contributed by atoms with E-state index in [-0.39, 0.29) is 11.8 Å². The zero-order valence-electron chi connectivity index (χ0n) is 12.2. The molecular weight excluding hydrogens is 318 g/mol. The Hall–Kier alpha value is -3.14. The van der Waals surface area contributed by atoms with Gasteiger partial charge >= 0.3 is 0 Å². The third kappa shape index (κ3) is 4.68. The van der Waals surface area contributed by atoms with E-state index in [9.17, 15) is 10.1 Å². The van der Waals surface area contributed by atoms with Crippen molar-refractivity contribution >= 4 is 28.1 Å². The summed E-state index contributed by atoms with van der Waals surface area (Å²) >= 11 is 1.31. The van der Waals surface area contributed by atoms with Crippen molar-refractivity contribution < 1.29 is 4.92 Å². The zero-order valence-corrected chi connectivity index (χ0v) is 13.0. The lowest BCUT2D eigenvalue weighted by Gasteiger charge is -2.08. The smallest absolute Gasteiger partial charge is 0.274 e. The molecule has 23 heavy (non-hydrogen) atoms. The number of aromatic nitrogens is 1. The number of nitro groups is 1. The van der Waals surface area contributed by atoms with Gasteiger partial charge in [0.05, 0.1) is 10.6 Å². The molecule has 0 bridgehead atoms. The molecule has 0 radical (unpaired) electrons. The summed E-state index contributed by atoms with van der Waals surface area (Å²) in [4.78, 5) is 18.2. The van der Waals surface area contributed by atoms with Crippen molar-refractivity contribution in [3.63, 3.8) is 0 Å². The van der Waals surface area contributed by atoms with Gasteiger partial charge in [0.1, 0.15) is 0 Å². The van der Waals surface area contributed by atoms with Gasteiger partial charge in [0.15, 0.2) is 11.8 Å². The second-order valence-electron chi connectivity index (χ2n) is 4.34. The molecule has 0 aliphatic rings. The van der Waals surface area contributed by atoms with Gasteiger partial charge in [-0.1, -0.05) is 12.1 Å². The van der Waals surface area contributed by atoms with Crippen LogP contribution < -0.4 is 22.1 Å². The van der Waals surface area contributed by atoms with Gasteiger partial charge in [-0.05, 0) is 12.1 Å². The number of nitrogens with two attached hydrogens (primary N) is 2. The lowest BCUT2D eigenvalue weighted by molar-refractivity contribution is -0.403. The van der Waals surface area contributed by atoms with E-state index >= 15 is 0 Å². The van der Waals surface area contributed by atoms with Crippen LogP contribution in [-0.4, -0.2) is 22.9 Å². The molecule has 2 aromatic rings. The number of nitrogens with zero attached hydrogens (tertiary/aromatic N) is 3. The number of hydrogen-bond donors (Lipinski definition) is 4. The first-order valence-electron chi connectivity index (χ1n) is 6.43. The normalized spacial score (nSPS) is 10.9. The van der Waals surface area contributed by atoms with E-state index in [0.29, 0.717) is 16.5 Å². The first kappa shape index (κ1) is 16.2. The van der Waals surface area contributed by atoms with Crippen LogP contribution in [0.15, 0.2) is 46.7 Å². The number of guanidine groups is 1. The van der Waals surface area contributed by atoms with Crippen molar-refractivity contribution in [3.8, 4) is 11.3 Å². The standard InChI is InChI=1S/C13H15N7O2S/c1-16-11(6-20(21)22)17-9-4-2-3-8(5-9)10-7-23-13(18-10)19-12(14)15/h2-7,16-17H,1H3,(H4,14,15,18,19)/b11-6+. The summed E-state index contributed by atoms with van der Waals surface area (Å²) in [5.41, 5.74) is 12.9. The van der Waals surface area contributed by atoms with Crippen LogP contribution in [0.1, 0.15) is 0 Å². The molecule has 9 nitrogen and oxygen atoms in total. The van der Waals surface area contributed by atoms with Crippen molar-refractivity contribution in [1.82, 2.24) is 10.3 Å². The first-order valence-corrected chi connectivity index (χ1v) is 7.31. The van der Waals surface area contributed by atoms with E-state index in [2.05, 4.69) is 20.6 Å². The molecule has 0 amide bonds. The third-order valence-electron chi connectivity index (χ3n) is 2.66. The summed E-state index contributed by atoms with van der Waals surface area (Å²) < 4.78 is 0. The number of anilines is 1. The number of benzene rings is 1. The van der Waals surface area contributed by atoms with Crippen LogP contribution in [0.5, 0.6) is 0 Å². The van der Waals surface area contributed by atoms with Gasteiger partial charge < -0.3 is 22.1 Å². The summed E-state index contributed by atoms with van der Waals surface area (Å²) in [6, 6.07) is 7.30.